The van der Waals surface area contributed by atoms with Gasteiger partial charge in [0.05, 0.1) is 23.0 Å². The third-order valence-corrected chi connectivity index (χ3v) is 2.23. The minimum atomic E-state index is -1.07. The molecule has 0 atom stereocenters. The van der Waals surface area contributed by atoms with Crippen LogP contribution in [-0.2, 0) is 0 Å². The van der Waals surface area contributed by atoms with E-state index in [0.29, 0.717) is 5.69 Å². The van der Waals surface area contributed by atoms with Crippen LogP contribution in [0.1, 0.15) is 10.4 Å². The Balaban J connectivity index is 2.21. The van der Waals surface area contributed by atoms with Crippen molar-refractivity contribution in [1.82, 2.24) is 9.97 Å². The molecule has 0 saturated carbocycles. The number of halogens is 1. The van der Waals surface area contributed by atoms with Gasteiger partial charge in [0, 0.05) is 11.6 Å². The van der Waals surface area contributed by atoms with Crippen LogP contribution >= 0.6 is 0 Å². The molecule has 0 aliphatic carbocycles. The highest BCUT2D eigenvalue weighted by molar-refractivity contribution is 6.04. The molecule has 7 nitrogen and oxygen atoms in total. The van der Waals surface area contributed by atoms with Gasteiger partial charge < -0.3 is 5.32 Å². The minimum absolute atomic E-state index is 0.0352. The van der Waals surface area contributed by atoms with E-state index in [2.05, 4.69) is 15.3 Å². The van der Waals surface area contributed by atoms with E-state index in [1.807, 2.05) is 0 Å². The Hall–Kier alpha value is -2.90. The topological polar surface area (TPSA) is 98.0 Å². The molecular weight excluding hydrogens is 255 g/mol. The number of nitrogens with one attached hydrogen (secondary N) is 1. The van der Waals surface area contributed by atoms with Gasteiger partial charge in [-0.05, 0) is 12.1 Å². The summed E-state index contributed by atoms with van der Waals surface area (Å²) in [6.07, 6.45) is 4.03. The van der Waals surface area contributed by atoms with Crippen LogP contribution in [0.3, 0.4) is 0 Å². The lowest BCUT2D eigenvalue weighted by Crippen LogP contribution is -2.12. The highest BCUT2D eigenvalue weighted by Crippen LogP contribution is 2.18. The molecule has 1 N–H and O–H groups in total. The van der Waals surface area contributed by atoms with Crippen LogP contribution < -0.4 is 5.32 Å². The molecule has 2 aromatic rings. The van der Waals surface area contributed by atoms with Crippen molar-refractivity contribution in [3.05, 3.63) is 58.4 Å². The molecule has 0 fully saturated rings. The summed E-state index contributed by atoms with van der Waals surface area (Å²) in [5, 5.41) is 12.9. The molecule has 96 valence electrons. The summed E-state index contributed by atoms with van der Waals surface area (Å²) in [6, 6.07) is 2.91. The van der Waals surface area contributed by atoms with Crippen LogP contribution in [0.4, 0.5) is 15.8 Å². The smallest absolute Gasteiger partial charge is 0.304 e. The zero-order valence-electron chi connectivity index (χ0n) is 9.41. The number of hydrogen-bond acceptors (Lipinski definition) is 5. The van der Waals surface area contributed by atoms with Gasteiger partial charge in [0.25, 0.3) is 5.91 Å². The van der Waals surface area contributed by atoms with Crippen molar-refractivity contribution in [2.45, 2.75) is 0 Å². The normalized spacial score (nSPS) is 9.95. The number of carbonyl (C=O) groups excluding carboxylic acids is 1. The van der Waals surface area contributed by atoms with Crippen molar-refractivity contribution in [2.24, 2.45) is 0 Å². The van der Waals surface area contributed by atoms with E-state index >= 15 is 0 Å². The molecule has 1 aromatic carbocycles. The van der Waals surface area contributed by atoms with Gasteiger partial charge in [-0.1, -0.05) is 0 Å². The lowest BCUT2D eigenvalue weighted by Gasteiger charge is -2.04. The molecule has 0 aliphatic heterocycles. The Morgan fingerprint density at radius 2 is 2.00 bits per heavy atom. The number of benzene rings is 1. The largest absolute Gasteiger partial charge is 0.319 e. The number of amides is 1. The molecule has 1 amide bonds. The first-order valence-electron chi connectivity index (χ1n) is 5.08. The Kier molecular flexibility index (Phi) is 3.42. The summed E-state index contributed by atoms with van der Waals surface area (Å²) in [4.78, 5) is 28.7. The van der Waals surface area contributed by atoms with Crippen molar-refractivity contribution < 1.29 is 14.1 Å². The van der Waals surface area contributed by atoms with Crippen LogP contribution in [0.25, 0.3) is 0 Å². The average molecular weight is 262 g/mol. The van der Waals surface area contributed by atoms with Crippen molar-refractivity contribution in [3.63, 3.8) is 0 Å². The fraction of sp³-hybridized carbons (Fsp3) is 0. The highest BCUT2D eigenvalue weighted by atomic mass is 19.1. The molecule has 0 aliphatic rings. The van der Waals surface area contributed by atoms with E-state index in [1.165, 1.54) is 24.8 Å². The maximum atomic E-state index is 13.4. The Bertz CT molecular complexity index is 633. The lowest BCUT2D eigenvalue weighted by atomic mass is 10.2. The van der Waals surface area contributed by atoms with Crippen LogP contribution in [0, 0.1) is 15.9 Å². The first-order valence-corrected chi connectivity index (χ1v) is 5.08. The number of anilines is 1. The maximum Gasteiger partial charge on any atom is 0.304 e. The minimum Gasteiger partial charge on any atom is -0.319 e. The van der Waals surface area contributed by atoms with Crippen LogP contribution in [0.5, 0.6) is 0 Å². The quantitative estimate of drug-likeness (QED) is 0.671. The van der Waals surface area contributed by atoms with Crippen molar-refractivity contribution in [1.29, 1.82) is 0 Å². The molecule has 0 unspecified atom stereocenters. The predicted molar refractivity (Wildman–Crippen MR) is 63.0 cm³/mol. The van der Waals surface area contributed by atoms with E-state index in [9.17, 15) is 19.3 Å². The molecule has 1 aromatic heterocycles. The maximum absolute atomic E-state index is 13.4. The number of nitro benzene ring substituents is 1. The molecule has 1 heterocycles. The Morgan fingerprint density at radius 3 is 2.58 bits per heavy atom. The summed E-state index contributed by atoms with van der Waals surface area (Å²) in [7, 11) is 0. The van der Waals surface area contributed by atoms with E-state index in [1.54, 1.807) is 0 Å². The van der Waals surface area contributed by atoms with Gasteiger partial charge in [-0.15, -0.1) is 0 Å². The molecule has 2 rings (SSSR count). The van der Waals surface area contributed by atoms with Crippen LogP contribution in [0.2, 0.25) is 0 Å². The van der Waals surface area contributed by atoms with Gasteiger partial charge >= 0.3 is 5.69 Å². The number of rotatable bonds is 3. The second-order valence-electron chi connectivity index (χ2n) is 3.50. The number of nitro groups is 1. The Morgan fingerprint density at radius 1 is 1.32 bits per heavy atom. The van der Waals surface area contributed by atoms with Gasteiger partial charge in [0.1, 0.15) is 6.33 Å². The van der Waals surface area contributed by atoms with Gasteiger partial charge in [0.2, 0.25) is 5.82 Å². The lowest BCUT2D eigenvalue weighted by molar-refractivity contribution is -0.387. The summed E-state index contributed by atoms with van der Waals surface area (Å²) in [5.74, 6) is -1.68. The van der Waals surface area contributed by atoms with Crippen LogP contribution in [-0.4, -0.2) is 20.8 Å². The monoisotopic (exact) mass is 262 g/mol. The summed E-state index contributed by atoms with van der Waals surface area (Å²) in [5.41, 5.74) is -0.377. The molecule has 0 saturated heterocycles. The molecule has 0 spiro atoms. The number of aromatic nitrogens is 2. The predicted octanol–water partition coefficient (Wildman–Crippen LogP) is 1.78. The zero-order chi connectivity index (χ0) is 13.8. The van der Waals surface area contributed by atoms with E-state index in [4.69, 9.17) is 0 Å². The second-order valence-corrected chi connectivity index (χ2v) is 3.50. The van der Waals surface area contributed by atoms with Crippen molar-refractivity contribution in [2.75, 3.05) is 5.32 Å². The summed E-state index contributed by atoms with van der Waals surface area (Å²) < 4.78 is 13.4. The standard InChI is InChI=1S/C11H7FN4O3/c12-9-3-7(1-2-10(9)16(18)19)11(17)15-8-4-13-6-14-5-8/h1-6H,(H,15,17). The van der Waals surface area contributed by atoms with Gasteiger partial charge in [-0.25, -0.2) is 9.97 Å². The number of carbonyl (C=O) groups is 1. The fourth-order valence-electron chi connectivity index (χ4n) is 1.36. The van der Waals surface area contributed by atoms with Crippen molar-refractivity contribution >= 4 is 17.3 Å². The highest BCUT2D eigenvalue weighted by Gasteiger charge is 2.16. The first kappa shape index (κ1) is 12.6. The molecule has 0 bridgehead atoms. The van der Waals surface area contributed by atoms with Crippen LogP contribution in [0.15, 0.2) is 36.9 Å². The SMILES string of the molecule is O=C(Nc1cncnc1)c1ccc([N+](=O)[O-])c(F)c1. The fourth-order valence-corrected chi connectivity index (χ4v) is 1.36. The second kappa shape index (κ2) is 5.17. The summed E-state index contributed by atoms with van der Waals surface area (Å²) >= 11 is 0. The number of hydrogen-bond donors (Lipinski definition) is 1. The van der Waals surface area contributed by atoms with E-state index in [-0.39, 0.29) is 5.56 Å². The van der Waals surface area contributed by atoms with Gasteiger partial charge in [0.15, 0.2) is 0 Å². The summed E-state index contributed by atoms with van der Waals surface area (Å²) in [6.45, 7) is 0. The average Bonchev–Trinajstić information content (AvgIpc) is 2.39. The molecule has 8 heteroatoms. The van der Waals surface area contributed by atoms with E-state index < -0.39 is 22.3 Å². The molecule has 19 heavy (non-hydrogen) atoms. The third-order valence-electron chi connectivity index (χ3n) is 2.23. The Labute approximate surface area is 106 Å². The molecular formula is C11H7FN4O3. The van der Waals surface area contributed by atoms with Crippen molar-refractivity contribution in [3.8, 4) is 0 Å². The van der Waals surface area contributed by atoms with Gasteiger partial charge in [-0.3, -0.25) is 14.9 Å². The number of nitrogens with zero attached hydrogens (tertiary/aromatic N) is 3. The van der Waals surface area contributed by atoms with Gasteiger partial charge in [-0.2, -0.15) is 4.39 Å². The third kappa shape index (κ3) is 2.86. The van der Waals surface area contributed by atoms with E-state index in [0.717, 1.165) is 12.1 Å². The zero-order valence-corrected chi connectivity index (χ0v) is 9.41. The first-order chi connectivity index (χ1) is 9.08. The molecule has 0 radical (unpaired) electrons.